The number of piperidine rings is 1. The van der Waals surface area contributed by atoms with Crippen LogP contribution in [0.2, 0.25) is 0 Å². The van der Waals surface area contributed by atoms with Crippen LogP contribution in [-0.2, 0) is 13.0 Å². The fourth-order valence-electron chi connectivity index (χ4n) is 3.73. The number of benzene rings is 1. The van der Waals surface area contributed by atoms with E-state index in [1.165, 1.54) is 44.2 Å². The van der Waals surface area contributed by atoms with E-state index in [4.69, 9.17) is 10.2 Å². The minimum atomic E-state index is -0.0832. The van der Waals surface area contributed by atoms with E-state index in [1.54, 1.807) is 6.07 Å². The molecule has 3 N–H and O–H groups in total. The van der Waals surface area contributed by atoms with Gasteiger partial charge < -0.3 is 20.4 Å². The Morgan fingerprint density at radius 3 is 2.67 bits per heavy atom. The van der Waals surface area contributed by atoms with Crippen molar-refractivity contribution in [3.8, 4) is 0 Å². The average molecular weight is 370 g/mol. The first-order valence-electron chi connectivity index (χ1n) is 10.1. The van der Waals surface area contributed by atoms with Gasteiger partial charge in [-0.05, 0) is 69.3 Å². The van der Waals surface area contributed by atoms with Gasteiger partial charge in [-0.15, -0.1) is 0 Å². The predicted molar refractivity (Wildman–Crippen MR) is 107 cm³/mol. The second kappa shape index (κ2) is 10.3. The highest BCUT2D eigenvalue weighted by Crippen LogP contribution is 2.21. The van der Waals surface area contributed by atoms with Crippen LogP contribution in [0.4, 0.5) is 0 Å². The summed E-state index contributed by atoms with van der Waals surface area (Å²) in [5.41, 5.74) is 7.50. The van der Waals surface area contributed by atoms with Crippen LogP contribution in [0.3, 0.4) is 0 Å². The maximum Gasteiger partial charge on any atom is 0.254 e. The summed E-state index contributed by atoms with van der Waals surface area (Å²) in [6, 6.07) is 12.5. The Morgan fingerprint density at radius 1 is 1.19 bits per heavy atom. The number of likely N-dealkylation sites (tertiary alicyclic amines) is 1. The fraction of sp³-hybridized carbons (Fsp3) is 0.500. The summed E-state index contributed by atoms with van der Waals surface area (Å²) in [6.45, 7) is 4.53. The number of hydrogen-bond donors (Lipinski definition) is 2. The molecule has 146 valence electrons. The summed E-state index contributed by atoms with van der Waals surface area (Å²) in [6.07, 6.45) is 7.36. The van der Waals surface area contributed by atoms with Crippen molar-refractivity contribution in [2.45, 2.75) is 38.6 Å². The predicted octanol–water partition coefficient (Wildman–Crippen LogP) is 3.20. The van der Waals surface area contributed by atoms with E-state index in [0.717, 1.165) is 25.3 Å². The lowest BCUT2D eigenvalue weighted by molar-refractivity contribution is 0.0951. The molecule has 1 amide bonds. The number of nitrogens with two attached hydrogens (primary N) is 1. The normalized spacial score (nSPS) is 15.7. The molecule has 3 rings (SSSR count). The lowest BCUT2D eigenvalue weighted by Crippen LogP contribution is -2.35. The first-order valence-corrected chi connectivity index (χ1v) is 10.1. The zero-order valence-electron chi connectivity index (χ0n) is 16.0. The summed E-state index contributed by atoms with van der Waals surface area (Å²) in [7, 11) is 0. The molecule has 5 nitrogen and oxygen atoms in total. The van der Waals surface area contributed by atoms with E-state index in [1.807, 2.05) is 0 Å². The summed E-state index contributed by atoms with van der Waals surface area (Å²) in [5.74, 6) is 1.37. The molecule has 1 aromatic carbocycles. The number of carbonyl (C=O) groups is 1. The SMILES string of the molecule is NCc1cc(C(=O)NCCCCN2CCC(Cc3ccccc3)CC2)co1. The number of amides is 1. The Balaban J connectivity index is 1.25. The van der Waals surface area contributed by atoms with E-state index in [-0.39, 0.29) is 5.91 Å². The van der Waals surface area contributed by atoms with Crippen molar-refractivity contribution in [1.82, 2.24) is 10.2 Å². The summed E-state index contributed by atoms with van der Waals surface area (Å²) in [5, 5.41) is 2.95. The molecule has 1 aliphatic heterocycles. The topological polar surface area (TPSA) is 71.5 Å². The van der Waals surface area contributed by atoms with Crippen LogP contribution in [0, 0.1) is 5.92 Å². The van der Waals surface area contributed by atoms with Crippen LogP contribution in [0.1, 0.15) is 47.4 Å². The first kappa shape index (κ1) is 19.6. The van der Waals surface area contributed by atoms with Crippen LogP contribution in [-0.4, -0.2) is 37.0 Å². The second-order valence-electron chi connectivity index (χ2n) is 7.44. The monoisotopic (exact) mass is 369 g/mol. The third-order valence-electron chi connectivity index (χ3n) is 5.38. The van der Waals surface area contributed by atoms with E-state index < -0.39 is 0 Å². The van der Waals surface area contributed by atoms with Crippen LogP contribution < -0.4 is 11.1 Å². The van der Waals surface area contributed by atoms with Crippen LogP contribution >= 0.6 is 0 Å². The molecule has 0 unspecified atom stereocenters. The number of rotatable bonds is 9. The quantitative estimate of drug-likeness (QED) is 0.666. The molecular formula is C22H31N3O2. The summed E-state index contributed by atoms with van der Waals surface area (Å²) < 4.78 is 5.20. The Labute approximate surface area is 161 Å². The third-order valence-corrected chi connectivity index (χ3v) is 5.38. The average Bonchev–Trinajstić information content (AvgIpc) is 3.19. The van der Waals surface area contributed by atoms with Gasteiger partial charge in [0.1, 0.15) is 12.0 Å². The molecule has 1 aliphatic rings. The Hall–Kier alpha value is -2.11. The smallest absolute Gasteiger partial charge is 0.254 e. The Kier molecular flexibility index (Phi) is 7.48. The molecule has 1 saturated heterocycles. The molecule has 1 aromatic heterocycles. The molecule has 5 heteroatoms. The van der Waals surface area contributed by atoms with Crippen molar-refractivity contribution in [3.63, 3.8) is 0 Å². The molecule has 0 radical (unpaired) electrons. The molecule has 0 atom stereocenters. The molecule has 27 heavy (non-hydrogen) atoms. The van der Waals surface area contributed by atoms with Crippen molar-refractivity contribution >= 4 is 5.91 Å². The van der Waals surface area contributed by atoms with E-state index in [2.05, 4.69) is 40.5 Å². The molecule has 1 fully saturated rings. The number of nitrogens with one attached hydrogen (secondary N) is 1. The van der Waals surface area contributed by atoms with Crippen molar-refractivity contribution in [2.75, 3.05) is 26.2 Å². The first-order chi connectivity index (χ1) is 13.2. The third kappa shape index (κ3) is 6.22. The van der Waals surface area contributed by atoms with E-state index in [0.29, 0.717) is 24.4 Å². The minimum Gasteiger partial charge on any atom is -0.467 e. The number of hydrogen-bond acceptors (Lipinski definition) is 4. The number of carbonyl (C=O) groups excluding carboxylic acids is 1. The Bertz CT molecular complexity index is 691. The largest absolute Gasteiger partial charge is 0.467 e. The molecule has 0 saturated carbocycles. The van der Waals surface area contributed by atoms with Gasteiger partial charge in [-0.1, -0.05) is 30.3 Å². The molecule has 0 spiro atoms. The van der Waals surface area contributed by atoms with Crippen LogP contribution in [0.15, 0.2) is 47.1 Å². The van der Waals surface area contributed by atoms with Gasteiger partial charge in [0.05, 0.1) is 12.1 Å². The van der Waals surface area contributed by atoms with Gasteiger partial charge in [0.2, 0.25) is 0 Å². The van der Waals surface area contributed by atoms with Gasteiger partial charge in [0.15, 0.2) is 0 Å². The highest BCUT2D eigenvalue weighted by Gasteiger charge is 2.19. The molecule has 2 heterocycles. The summed E-state index contributed by atoms with van der Waals surface area (Å²) in [4.78, 5) is 14.6. The lowest BCUT2D eigenvalue weighted by atomic mass is 9.90. The molecule has 0 bridgehead atoms. The fourth-order valence-corrected chi connectivity index (χ4v) is 3.73. The van der Waals surface area contributed by atoms with Gasteiger partial charge in [0, 0.05) is 6.54 Å². The molecular weight excluding hydrogens is 338 g/mol. The van der Waals surface area contributed by atoms with Crippen molar-refractivity contribution in [1.29, 1.82) is 0 Å². The Morgan fingerprint density at radius 2 is 1.96 bits per heavy atom. The van der Waals surface area contributed by atoms with Gasteiger partial charge in [-0.2, -0.15) is 0 Å². The van der Waals surface area contributed by atoms with Crippen LogP contribution in [0.5, 0.6) is 0 Å². The standard InChI is InChI=1S/C22H31N3O2/c23-16-21-15-20(17-27-21)22(26)24-10-4-5-11-25-12-8-19(9-13-25)14-18-6-2-1-3-7-18/h1-3,6-7,15,17,19H,4-5,8-14,16,23H2,(H,24,26). The number of furan rings is 1. The lowest BCUT2D eigenvalue weighted by Gasteiger charge is -2.32. The number of unbranched alkanes of at least 4 members (excludes halogenated alkanes) is 1. The zero-order valence-corrected chi connectivity index (χ0v) is 16.0. The highest BCUT2D eigenvalue weighted by atomic mass is 16.3. The molecule has 2 aromatic rings. The van der Waals surface area contributed by atoms with Gasteiger partial charge in [-0.3, -0.25) is 4.79 Å². The maximum atomic E-state index is 12.0. The van der Waals surface area contributed by atoms with Crippen LogP contribution in [0.25, 0.3) is 0 Å². The highest BCUT2D eigenvalue weighted by molar-refractivity contribution is 5.93. The van der Waals surface area contributed by atoms with E-state index in [9.17, 15) is 4.79 Å². The van der Waals surface area contributed by atoms with Crippen molar-refractivity contribution < 1.29 is 9.21 Å². The van der Waals surface area contributed by atoms with Crippen molar-refractivity contribution in [3.05, 3.63) is 59.5 Å². The zero-order chi connectivity index (χ0) is 18.9. The van der Waals surface area contributed by atoms with Crippen molar-refractivity contribution in [2.24, 2.45) is 11.7 Å². The van der Waals surface area contributed by atoms with E-state index >= 15 is 0 Å². The molecule has 0 aliphatic carbocycles. The summed E-state index contributed by atoms with van der Waals surface area (Å²) >= 11 is 0. The van der Waals surface area contributed by atoms with Gasteiger partial charge in [0.25, 0.3) is 5.91 Å². The minimum absolute atomic E-state index is 0.0832. The van der Waals surface area contributed by atoms with Gasteiger partial charge >= 0.3 is 0 Å². The van der Waals surface area contributed by atoms with Gasteiger partial charge in [-0.25, -0.2) is 0 Å². The number of nitrogens with zero attached hydrogens (tertiary/aromatic N) is 1. The second-order valence-corrected chi connectivity index (χ2v) is 7.44. The maximum absolute atomic E-state index is 12.0.